The van der Waals surface area contributed by atoms with Crippen LogP contribution < -0.4 is 15.1 Å². The Morgan fingerprint density at radius 1 is 1.08 bits per heavy atom. The first-order chi connectivity index (χ1) is 11.9. The molecule has 0 aliphatic rings. The number of carbonyl (C=O) groups excluding carboxylic acids is 1. The molecule has 2 aromatic carbocycles. The molecule has 1 heterocycles. The Balaban J connectivity index is 2.27. The van der Waals surface area contributed by atoms with Gasteiger partial charge in [0.05, 0.1) is 12.5 Å². The zero-order valence-electron chi connectivity index (χ0n) is 13.5. The second kappa shape index (κ2) is 6.27. The molecule has 3 rings (SSSR count). The molecule has 128 valence electrons. The smallest absolute Gasteiger partial charge is 0.344 e. The molecule has 3 aromatic rings. The Bertz CT molecular complexity index is 1060. The van der Waals surface area contributed by atoms with E-state index in [1.807, 2.05) is 0 Å². The van der Waals surface area contributed by atoms with E-state index in [0.29, 0.717) is 22.1 Å². The minimum Gasteiger partial charge on any atom is -0.493 e. The van der Waals surface area contributed by atoms with Gasteiger partial charge in [-0.3, -0.25) is 4.79 Å². The lowest BCUT2D eigenvalue weighted by Crippen LogP contribution is -2.10. The molecule has 1 aromatic heterocycles. The molecule has 0 saturated carbocycles. The van der Waals surface area contributed by atoms with E-state index < -0.39 is 18.2 Å². The van der Waals surface area contributed by atoms with Crippen molar-refractivity contribution in [3.05, 3.63) is 46.3 Å². The molecule has 0 bridgehead atoms. The van der Waals surface area contributed by atoms with E-state index in [9.17, 15) is 14.4 Å². The SMILES string of the molecule is COc1cc2c(cc1OCC(=O)O)oc(=O)c1cc(C(C)=O)ccc12. The summed E-state index contributed by atoms with van der Waals surface area (Å²) in [6.45, 7) is 0.862. The largest absolute Gasteiger partial charge is 0.493 e. The Hall–Kier alpha value is -3.35. The number of hydrogen-bond donors (Lipinski definition) is 1. The number of carboxylic acid groups (broad SMARTS) is 1. The Kier molecular flexibility index (Phi) is 4.14. The van der Waals surface area contributed by atoms with E-state index in [-0.39, 0.29) is 22.5 Å². The number of benzene rings is 2. The van der Waals surface area contributed by atoms with Gasteiger partial charge in [-0.05, 0) is 19.1 Å². The lowest BCUT2D eigenvalue weighted by Gasteiger charge is -2.11. The quantitative estimate of drug-likeness (QED) is 0.432. The number of ether oxygens (including phenoxy) is 2. The topological polar surface area (TPSA) is 103 Å². The molecular weight excluding hydrogens is 328 g/mol. The first-order valence-corrected chi connectivity index (χ1v) is 7.35. The molecule has 25 heavy (non-hydrogen) atoms. The fourth-order valence-electron chi connectivity index (χ4n) is 2.57. The summed E-state index contributed by atoms with van der Waals surface area (Å²) in [5.74, 6) is -0.838. The van der Waals surface area contributed by atoms with E-state index in [2.05, 4.69) is 0 Å². The van der Waals surface area contributed by atoms with Gasteiger partial charge in [-0.15, -0.1) is 0 Å². The predicted octanol–water partition coefficient (Wildman–Crippen LogP) is 2.62. The molecule has 0 fully saturated rings. The lowest BCUT2D eigenvalue weighted by molar-refractivity contribution is -0.139. The number of rotatable bonds is 5. The zero-order valence-corrected chi connectivity index (χ0v) is 13.5. The second-order valence-electron chi connectivity index (χ2n) is 5.39. The van der Waals surface area contributed by atoms with Crippen LogP contribution in [0, 0.1) is 0 Å². The van der Waals surface area contributed by atoms with E-state index in [1.54, 1.807) is 18.2 Å². The van der Waals surface area contributed by atoms with Crippen molar-refractivity contribution >= 4 is 33.5 Å². The Labute approximate surface area is 141 Å². The van der Waals surface area contributed by atoms with Crippen molar-refractivity contribution in [3.8, 4) is 11.5 Å². The van der Waals surface area contributed by atoms with Gasteiger partial charge in [0.1, 0.15) is 5.58 Å². The average molecular weight is 342 g/mol. The van der Waals surface area contributed by atoms with Gasteiger partial charge in [0.25, 0.3) is 0 Å². The highest BCUT2D eigenvalue weighted by atomic mass is 16.5. The summed E-state index contributed by atoms with van der Waals surface area (Å²) in [7, 11) is 1.42. The number of fused-ring (bicyclic) bond motifs is 3. The number of carboxylic acids is 1. The van der Waals surface area contributed by atoms with Gasteiger partial charge >= 0.3 is 11.6 Å². The monoisotopic (exact) mass is 342 g/mol. The number of hydrogen-bond acceptors (Lipinski definition) is 6. The number of Topliss-reactive ketones (excluding diaryl/α,β-unsaturated/α-hetero) is 1. The third kappa shape index (κ3) is 3.03. The van der Waals surface area contributed by atoms with Crippen LogP contribution in [-0.2, 0) is 4.79 Å². The summed E-state index contributed by atoms with van der Waals surface area (Å²) in [5.41, 5.74) is 0.0433. The summed E-state index contributed by atoms with van der Waals surface area (Å²) in [6.07, 6.45) is 0. The van der Waals surface area contributed by atoms with Crippen molar-refractivity contribution in [1.29, 1.82) is 0 Å². The van der Waals surface area contributed by atoms with Gasteiger partial charge in [-0.1, -0.05) is 12.1 Å². The molecule has 0 unspecified atom stereocenters. The van der Waals surface area contributed by atoms with E-state index in [4.69, 9.17) is 19.0 Å². The second-order valence-corrected chi connectivity index (χ2v) is 5.39. The molecule has 0 radical (unpaired) electrons. The molecule has 0 spiro atoms. The third-order valence-electron chi connectivity index (χ3n) is 3.76. The van der Waals surface area contributed by atoms with Crippen molar-refractivity contribution < 1.29 is 28.6 Å². The maximum atomic E-state index is 12.3. The lowest BCUT2D eigenvalue weighted by atomic mass is 10.0. The van der Waals surface area contributed by atoms with Crippen molar-refractivity contribution in [2.24, 2.45) is 0 Å². The standard InChI is InChI=1S/C18H14O7/c1-9(19)10-3-4-11-12-6-15(23-2)16(24-8-17(20)21)7-14(12)25-18(22)13(11)5-10/h3-7H,8H2,1-2H3,(H,20,21). The van der Waals surface area contributed by atoms with Crippen LogP contribution in [0.4, 0.5) is 0 Å². The highest BCUT2D eigenvalue weighted by Crippen LogP contribution is 2.35. The first-order valence-electron chi connectivity index (χ1n) is 7.35. The van der Waals surface area contributed by atoms with Crippen molar-refractivity contribution in [1.82, 2.24) is 0 Å². The van der Waals surface area contributed by atoms with Crippen molar-refractivity contribution in [2.75, 3.05) is 13.7 Å². The molecule has 0 aliphatic heterocycles. The van der Waals surface area contributed by atoms with Crippen LogP contribution in [0.15, 0.2) is 39.5 Å². The maximum Gasteiger partial charge on any atom is 0.344 e. The van der Waals surface area contributed by atoms with Crippen LogP contribution in [0.3, 0.4) is 0 Å². The molecule has 0 atom stereocenters. The number of methoxy groups -OCH3 is 1. The fraction of sp³-hybridized carbons (Fsp3) is 0.167. The normalized spacial score (nSPS) is 10.8. The first kappa shape index (κ1) is 16.5. The molecule has 0 amide bonds. The molecular formula is C18H14O7. The van der Waals surface area contributed by atoms with E-state index in [0.717, 1.165) is 0 Å². The number of aliphatic carboxylic acids is 1. The number of carbonyl (C=O) groups is 2. The summed E-state index contributed by atoms with van der Waals surface area (Å²) >= 11 is 0. The third-order valence-corrected chi connectivity index (χ3v) is 3.76. The van der Waals surface area contributed by atoms with Gasteiger partial charge in [0, 0.05) is 22.4 Å². The molecule has 7 heteroatoms. The van der Waals surface area contributed by atoms with Crippen LogP contribution in [0.1, 0.15) is 17.3 Å². The highest BCUT2D eigenvalue weighted by molar-refractivity contribution is 6.07. The van der Waals surface area contributed by atoms with Crippen molar-refractivity contribution in [2.45, 2.75) is 6.92 Å². The maximum absolute atomic E-state index is 12.3. The van der Waals surface area contributed by atoms with Crippen LogP contribution >= 0.6 is 0 Å². The van der Waals surface area contributed by atoms with Crippen LogP contribution in [0.5, 0.6) is 11.5 Å². The van der Waals surface area contributed by atoms with Gasteiger partial charge in [-0.2, -0.15) is 0 Å². The molecule has 0 saturated heterocycles. The average Bonchev–Trinajstić information content (AvgIpc) is 2.59. The van der Waals surface area contributed by atoms with Crippen LogP contribution in [0.2, 0.25) is 0 Å². The van der Waals surface area contributed by atoms with E-state index >= 15 is 0 Å². The summed E-state index contributed by atoms with van der Waals surface area (Å²) in [5, 5.41) is 10.2. The molecule has 0 aliphatic carbocycles. The van der Waals surface area contributed by atoms with Gasteiger partial charge in [0.15, 0.2) is 23.9 Å². The van der Waals surface area contributed by atoms with E-state index in [1.165, 1.54) is 26.2 Å². The Morgan fingerprint density at radius 2 is 1.84 bits per heavy atom. The predicted molar refractivity (Wildman–Crippen MR) is 89.7 cm³/mol. The highest BCUT2D eigenvalue weighted by Gasteiger charge is 2.15. The molecule has 7 nitrogen and oxygen atoms in total. The van der Waals surface area contributed by atoms with Crippen molar-refractivity contribution in [3.63, 3.8) is 0 Å². The summed E-state index contributed by atoms with van der Waals surface area (Å²) in [4.78, 5) is 34.5. The summed E-state index contributed by atoms with van der Waals surface area (Å²) < 4.78 is 15.7. The Morgan fingerprint density at radius 3 is 2.48 bits per heavy atom. The summed E-state index contributed by atoms with van der Waals surface area (Å²) in [6, 6.07) is 7.81. The minimum absolute atomic E-state index is 0.153. The number of ketones is 1. The van der Waals surface area contributed by atoms with Crippen LogP contribution in [-0.4, -0.2) is 30.6 Å². The molecule has 1 N–H and O–H groups in total. The fourth-order valence-corrected chi connectivity index (χ4v) is 2.57. The van der Waals surface area contributed by atoms with Gasteiger partial charge in [-0.25, -0.2) is 9.59 Å². The van der Waals surface area contributed by atoms with Gasteiger partial charge in [0.2, 0.25) is 0 Å². The zero-order chi connectivity index (χ0) is 18.1. The van der Waals surface area contributed by atoms with Crippen LogP contribution in [0.25, 0.3) is 21.7 Å². The minimum atomic E-state index is -1.14. The van der Waals surface area contributed by atoms with Gasteiger partial charge < -0.3 is 19.0 Å².